The van der Waals surface area contributed by atoms with Gasteiger partial charge in [0.25, 0.3) is 5.91 Å². The van der Waals surface area contributed by atoms with Gasteiger partial charge in [0.2, 0.25) is 5.91 Å². The van der Waals surface area contributed by atoms with Crippen molar-refractivity contribution in [1.29, 1.82) is 0 Å². The molecule has 5 rings (SSSR count). The van der Waals surface area contributed by atoms with E-state index in [0.29, 0.717) is 23.2 Å². The molecule has 160 valence electrons. The van der Waals surface area contributed by atoms with E-state index < -0.39 is 5.97 Å². The minimum atomic E-state index is -0.527. The van der Waals surface area contributed by atoms with Gasteiger partial charge in [0.1, 0.15) is 6.04 Å². The maximum absolute atomic E-state index is 12.8. The van der Waals surface area contributed by atoms with Crippen LogP contribution in [0.15, 0.2) is 18.2 Å². The van der Waals surface area contributed by atoms with Crippen LogP contribution < -0.4 is 10.2 Å². The lowest BCUT2D eigenvalue weighted by molar-refractivity contribution is -0.140. The number of benzene rings is 1. The van der Waals surface area contributed by atoms with E-state index in [1.807, 2.05) is 11.0 Å². The molecule has 1 N–H and O–H groups in total. The fraction of sp³-hybridized carbons (Fsp3) is 0.609. The number of likely N-dealkylation sites (tertiary alicyclic amines) is 1. The van der Waals surface area contributed by atoms with Crippen LogP contribution in [0.5, 0.6) is 0 Å². The molecule has 3 aliphatic heterocycles. The molecule has 1 aromatic carbocycles. The number of piperidine rings is 1. The number of anilines is 2. The largest absolute Gasteiger partial charge is 0.452 e. The molecule has 30 heavy (non-hydrogen) atoms. The minimum absolute atomic E-state index is 0.0205. The Hall–Kier alpha value is -2.57. The van der Waals surface area contributed by atoms with Crippen LogP contribution in [0.3, 0.4) is 0 Å². The van der Waals surface area contributed by atoms with Gasteiger partial charge in [-0.3, -0.25) is 9.59 Å². The molecular weight excluding hydrogens is 382 g/mol. The highest BCUT2D eigenvalue weighted by atomic mass is 16.5. The summed E-state index contributed by atoms with van der Waals surface area (Å²) in [7, 11) is 0. The van der Waals surface area contributed by atoms with E-state index in [-0.39, 0.29) is 24.5 Å². The third-order valence-electron chi connectivity index (χ3n) is 7.25. The summed E-state index contributed by atoms with van der Waals surface area (Å²) in [4.78, 5) is 41.7. The van der Waals surface area contributed by atoms with Crippen molar-refractivity contribution in [1.82, 2.24) is 4.90 Å². The second kappa shape index (κ2) is 7.93. The van der Waals surface area contributed by atoms with E-state index in [2.05, 4.69) is 10.2 Å². The SMILES string of the molecule is O=C(OCC(=O)N1CCC[C@H]2CCCC[C@@H]21)c1ccc2c(c1)NC(=O)[C@H]1CCCN21. The predicted octanol–water partition coefficient (Wildman–Crippen LogP) is 2.95. The van der Waals surface area contributed by atoms with Crippen molar-refractivity contribution in [3.63, 3.8) is 0 Å². The van der Waals surface area contributed by atoms with Crippen LogP contribution in [0.25, 0.3) is 0 Å². The van der Waals surface area contributed by atoms with Crippen molar-refractivity contribution in [3.8, 4) is 0 Å². The Morgan fingerprint density at radius 3 is 2.73 bits per heavy atom. The van der Waals surface area contributed by atoms with Gasteiger partial charge in [-0.25, -0.2) is 4.79 Å². The molecule has 2 saturated heterocycles. The van der Waals surface area contributed by atoms with E-state index in [0.717, 1.165) is 44.5 Å². The number of carbonyl (C=O) groups excluding carboxylic acids is 3. The Labute approximate surface area is 176 Å². The molecule has 1 aliphatic carbocycles. The second-order valence-electron chi connectivity index (χ2n) is 8.99. The van der Waals surface area contributed by atoms with Crippen molar-refractivity contribution in [3.05, 3.63) is 23.8 Å². The maximum Gasteiger partial charge on any atom is 0.338 e. The highest BCUT2D eigenvalue weighted by molar-refractivity contribution is 6.05. The van der Waals surface area contributed by atoms with Crippen molar-refractivity contribution in [2.24, 2.45) is 5.92 Å². The Morgan fingerprint density at radius 1 is 1.03 bits per heavy atom. The van der Waals surface area contributed by atoms with Crippen molar-refractivity contribution in [2.75, 3.05) is 29.9 Å². The normalized spacial score (nSPS) is 27.6. The number of hydrogen-bond donors (Lipinski definition) is 1. The number of amides is 2. The fourth-order valence-electron chi connectivity index (χ4n) is 5.79. The van der Waals surface area contributed by atoms with Gasteiger partial charge in [0.15, 0.2) is 6.61 Å². The summed E-state index contributed by atoms with van der Waals surface area (Å²) >= 11 is 0. The number of hydrogen-bond acceptors (Lipinski definition) is 5. The molecule has 0 aromatic heterocycles. The molecule has 3 heterocycles. The summed E-state index contributed by atoms with van der Waals surface area (Å²) in [6, 6.07) is 5.44. The van der Waals surface area contributed by atoms with Crippen LogP contribution in [0.4, 0.5) is 11.4 Å². The first-order chi connectivity index (χ1) is 14.6. The number of ether oxygens (including phenoxy) is 1. The Morgan fingerprint density at radius 2 is 1.83 bits per heavy atom. The first-order valence-corrected chi connectivity index (χ1v) is 11.3. The highest BCUT2D eigenvalue weighted by Gasteiger charge is 2.37. The van der Waals surface area contributed by atoms with E-state index in [9.17, 15) is 14.4 Å². The lowest BCUT2D eigenvalue weighted by Gasteiger charge is -2.44. The molecule has 4 aliphatic rings. The molecule has 7 heteroatoms. The highest BCUT2D eigenvalue weighted by Crippen LogP contribution is 2.37. The average Bonchev–Trinajstić information content (AvgIpc) is 3.27. The monoisotopic (exact) mass is 411 g/mol. The molecule has 0 bridgehead atoms. The molecule has 7 nitrogen and oxygen atoms in total. The van der Waals surface area contributed by atoms with E-state index in [1.165, 1.54) is 25.7 Å². The lowest BCUT2D eigenvalue weighted by Crippen LogP contribution is -2.50. The zero-order valence-electron chi connectivity index (χ0n) is 17.3. The topological polar surface area (TPSA) is 79.0 Å². The third kappa shape index (κ3) is 3.44. The van der Waals surface area contributed by atoms with Gasteiger partial charge >= 0.3 is 5.97 Å². The molecule has 1 saturated carbocycles. The standard InChI is InChI=1S/C23H29N3O4/c27-21(26-12-3-6-15-5-1-2-7-18(15)26)14-30-23(29)16-9-10-19-17(13-16)24-22(28)20-8-4-11-25(19)20/h9-10,13,15,18,20H,1-8,11-12,14H2,(H,24,28)/t15-,18+,20-/m1/s1. The molecular formula is C23H29N3O4. The van der Waals surface area contributed by atoms with Crippen molar-refractivity contribution >= 4 is 29.2 Å². The van der Waals surface area contributed by atoms with Crippen molar-refractivity contribution in [2.45, 2.75) is 63.5 Å². The number of nitrogens with zero attached hydrogens (tertiary/aromatic N) is 2. The van der Waals surface area contributed by atoms with Crippen molar-refractivity contribution < 1.29 is 19.1 Å². The molecule has 0 unspecified atom stereocenters. The van der Waals surface area contributed by atoms with Crippen LogP contribution in [0.1, 0.15) is 61.7 Å². The van der Waals surface area contributed by atoms with Crippen LogP contribution in [-0.2, 0) is 14.3 Å². The summed E-state index contributed by atoms with van der Waals surface area (Å²) in [6.45, 7) is 1.39. The summed E-state index contributed by atoms with van der Waals surface area (Å²) in [5.74, 6) is -0.0362. The molecule has 3 atom stereocenters. The van der Waals surface area contributed by atoms with Gasteiger partial charge in [-0.05, 0) is 62.6 Å². The summed E-state index contributed by atoms with van der Waals surface area (Å²) in [5.41, 5.74) is 1.94. The van der Waals surface area contributed by atoms with Crippen LogP contribution >= 0.6 is 0 Å². The van der Waals surface area contributed by atoms with Gasteiger partial charge < -0.3 is 19.9 Å². The van der Waals surface area contributed by atoms with Crippen LogP contribution in [-0.4, -0.2) is 54.5 Å². The molecule has 0 radical (unpaired) electrons. The Balaban J connectivity index is 1.23. The van der Waals surface area contributed by atoms with Gasteiger partial charge in [-0.15, -0.1) is 0 Å². The van der Waals surface area contributed by atoms with Gasteiger partial charge in [0, 0.05) is 19.1 Å². The number of carbonyl (C=O) groups is 3. The zero-order chi connectivity index (χ0) is 20.7. The third-order valence-corrected chi connectivity index (χ3v) is 7.25. The summed E-state index contributed by atoms with van der Waals surface area (Å²) in [6.07, 6.45) is 8.77. The number of fused-ring (bicyclic) bond motifs is 4. The molecule has 3 fully saturated rings. The number of nitrogens with one attached hydrogen (secondary N) is 1. The first-order valence-electron chi connectivity index (χ1n) is 11.3. The summed E-state index contributed by atoms with van der Waals surface area (Å²) < 4.78 is 5.37. The fourth-order valence-corrected chi connectivity index (χ4v) is 5.79. The number of rotatable bonds is 3. The maximum atomic E-state index is 12.8. The Kier molecular flexibility index (Phi) is 5.13. The first kappa shape index (κ1) is 19.4. The van der Waals surface area contributed by atoms with E-state index in [1.54, 1.807) is 12.1 Å². The van der Waals surface area contributed by atoms with Crippen LogP contribution in [0, 0.1) is 5.92 Å². The van der Waals surface area contributed by atoms with Crippen LogP contribution in [0.2, 0.25) is 0 Å². The Bertz CT molecular complexity index is 868. The van der Waals surface area contributed by atoms with E-state index in [4.69, 9.17) is 4.74 Å². The second-order valence-corrected chi connectivity index (χ2v) is 8.99. The lowest BCUT2D eigenvalue weighted by atomic mass is 9.78. The summed E-state index contributed by atoms with van der Waals surface area (Å²) in [5, 5.41) is 2.91. The number of esters is 1. The molecule has 2 amide bonds. The van der Waals surface area contributed by atoms with Gasteiger partial charge in [0.05, 0.1) is 16.9 Å². The van der Waals surface area contributed by atoms with Gasteiger partial charge in [-0.2, -0.15) is 0 Å². The quantitative estimate of drug-likeness (QED) is 0.774. The molecule has 1 aromatic rings. The average molecular weight is 412 g/mol. The molecule has 0 spiro atoms. The predicted molar refractivity (Wildman–Crippen MR) is 112 cm³/mol. The van der Waals surface area contributed by atoms with Gasteiger partial charge in [-0.1, -0.05) is 12.8 Å². The minimum Gasteiger partial charge on any atom is -0.452 e. The van der Waals surface area contributed by atoms with E-state index >= 15 is 0 Å². The smallest absolute Gasteiger partial charge is 0.338 e. The zero-order valence-corrected chi connectivity index (χ0v) is 17.3.